The summed E-state index contributed by atoms with van der Waals surface area (Å²) in [6.07, 6.45) is 5.44. The number of aryl methyl sites for hydroxylation is 2. The van der Waals surface area contributed by atoms with Crippen molar-refractivity contribution in [2.45, 2.75) is 13.8 Å². The summed E-state index contributed by atoms with van der Waals surface area (Å²) in [5.74, 6) is 0. The number of nitrogens with zero attached hydrogens (tertiary/aromatic N) is 1. The number of aromatic nitrogens is 1. The van der Waals surface area contributed by atoms with E-state index in [-0.39, 0.29) is 0 Å². The van der Waals surface area contributed by atoms with Gasteiger partial charge in [0.1, 0.15) is 0 Å². The third kappa shape index (κ3) is 4.79. The van der Waals surface area contributed by atoms with Crippen LogP contribution in [0.3, 0.4) is 0 Å². The Bertz CT molecular complexity index is 443. The maximum absolute atomic E-state index is 4.08. The van der Waals surface area contributed by atoms with Crippen LogP contribution in [-0.2, 0) is 0 Å². The largest absolute Gasteiger partial charge is 0.261 e. The van der Waals surface area contributed by atoms with E-state index in [4.69, 9.17) is 0 Å². The minimum atomic E-state index is 1.04. The molecule has 0 amide bonds. The normalized spacial score (nSPS) is 9.00. The van der Waals surface area contributed by atoms with Crippen molar-refractivity contribution < 1.29 is 0 Å². The van der Waals surface area contributed by atoms with Crippen molar-refractivity contribution in [3.05, 3.63) is 78.1 Å². The second-order valence-corrected chi connectivity index (χ2v) is 4.05. The van der Waals surface area contributed by atoms with E-state index in [0.29, 0.717) is 0 Å². The van der Waals surface area contributed by atoms with Crippen LogP contribution in [0.4, 0.5) is 0 Å². The third-order valence-corrected chi connectivity index (χ3v) is 2.48. The molecule has 0 aliphatic heterocycles. The quantitative estimate of drug-likeness (QED) is 0.739. The molecule has 0 saturated carbocycles. The summed E-state index contributed by atoms with van der Waals surface area (Å²) < 4.78 is 0. The lowest BCUT2D eigenvalue weighted by Gasteiger charge is -1.91. The monoisotopic (exact) mass is 237 g/mol. The second-order valence-electron chi connectivity index (χ2n) is 4.05. The summed E-state index contributed by atoms with van der Waals surface area (Å²) >= 11 is 0. The van der Waals surface area contributed by atoms with E-state index in [0.717, 1.165) is 11.3 Å². The van der Waals surface area contributed by atoms with E-state index in [1.54, 1.807) is 6.08 Å². The number of hydrogen-bond donors (Lipinski definition) is 0. The highest BCUT2D eigenvalue weighted by Crippen LogP contribution is 2.02. The summed E-state index contributed by atoms with van der Waals surface area (Å²) in [5, 5.41) is 0. The van der Waals surface area contributed by atoms with Gasteiger partial charge in [-0.2, -0.15) is 0 Å². The molecule has 0 bridgehead atoms. The van der Waals surface area contributed by atoms with Crippen LogP contribution >= 0.6 is 0 Å². The van der Waals surface area contributed by atoms with Gasteiger partial charge in [0.25, 0.3) is 0 Å². The van der Waals surface area contributed by atoms with Crippen LogP contribution < -0.4 is 0 Å². The number of benzene rings is 1. The van der Waals surface area contributed by atoms with Crippen molar-refractivity contribution in [1.29, 1.82) is 0 Å². The van der Waals surface area contributed by atoms with E-state index in [9.17, 15) is 0 Å². The summed E-state index contributed by atoms with van der Waals surface area (Å²) in [6, 6.07) is 12.2. The highest BCUT2D eigenvalue weighted by Gasteiger charge is 1.83. The Kier molecular flexibility index (Phi) is 5.59. The molecule has 0 atom stereocenters. The molecule has 0 spiro atoms. The van der Waals surface area contributed by atoms with Crippen molar-refractivity contribution in [3.8, 4) is 0 Å². The highest BCUT2D eigenvalue weighted by molar-refractivity contribution is 5.47. The molecule has 0 N–H and O–H groups in total. The zero-order valence-electron chi connectivity index (χ0n) is 11.1. The summed E-state index contributed by atoms with van der Waals surface area (Å²) in [6.45, 7) is 11.3. The second kappa shape index (κ2) is 7.23. The van der Waals surface area contributed by atoms with E-state index in [1.165, 1.54) is 11.1 Å². The van der Waals surface area contributed by atoms with Crippen LogP contribution in [0.15, 0.2) is 55.8 Å². The van der Waals surface area contributed by atoms with E-state index in [1.807, 2.05) is 31.3 Å². The van der Waals surface area contributed by atoms with Gasteiger partial charge in [-0.25, -0.2) is 0 Å². The fourth-order valence-corrected chi connectivity index (χ4v) is 1.30. The van der Waals surface area contributed by atoms with Gasteiger partial charge in [0, 0.05) is 11.9 Å². The van der Waals surface area contributed by atoms with Crippen molar-refractivity contribution in [2.24, 2.45) is 0 Å². The van der Waals surface area contributed by atoms with E-state index in [2.05, 4.69) is 49.3 Å². The van der Waals surface area contributed by atoms with Crippen LogP contribution in [0.1, 0.15) is 22.4 Å². The van der Waals surface area contributed by atoms with Crippen molar-refractivity contribution in [2.75, 3.05) is 0 Å². The third-order valence-electron chi connectivity index (χ3n) is 2.48. The average molecular weight is 237 g/mol. The molecule has 92 valence electrons. The number of rotatable bonds is 2. The fourth-order valence-electron chi connectivity index (χ4n) is 1.30. The highest BCUT2D eigenvalue weighted by atomic mass is 14.6. The Morgan fingerprint density at radius 3 is 1.83 bits per heavy atom. The molecule has 0 radical (unpaired) electrons. The van der Waals surface area contributed by atoms with E-state index < -0.39 is 0 Å². The molecule has 0 aliphatic carbocycles. The van der Waals surface area contributed by atoms with Crippen molar-refractivity contribution in [3.63, 3.8) is 0 Å². The molecule has 1 nitrogen and oxygen atoms in total. The van der Waals surface area contributed by atoms with Gasteiger partial charge in [0.05, 0.1) is 0 Å². The molecular formula is C17H19N. The van der Waals surface area contributed by atoms with Gasteiger partial charge >= 0.3 is 0 Å². The molecule has 2 rings (SSSR count). The topological polar surface area (TPSA) is 12.9 Å². The first-order valence-corrected chi connectivity index (χ1v) is 5.90. The molecule has 0 aliphatic rings. The molecule has 1 aromatic heterocycles. The Balaban J connectivity index is 0.000000180. The Morgan fingerprint density at radius 2 is 1.39 bits per heavy atom. The first-order chi connectivity index (χ1) is 8.65. The average Bonchev–Trinajstić information content (AvgIpc) is 2.41. The van der Waals surface area contributed by atoms with Crippen LogP contribution in [0, 0.1) is 13.8 Å². The summed E-state index contributed by atoms with van der Waals surface area (Å²) in [7, 11) is 0. The van der Waals surface area contributed by atoms with Gasteiger partial charge in [0.2, 0.25) is 0 Å². The van der Waals surface area contributed by atoms with Gasteiger partial charge in [-0.1, -0.05) is 61.2 Å². The van der Waals surface area contributed by atoms with Gasteiger partial charge in [-0.15, -0.1) is 0 Å². The smallest absolute Gasteiger partial charge is 0.0373 e. The molecule has 0 unspecified atom stereocenters. The van der Waals surface area contributed by atoms with Gasteiger partial charge < -0.3 is 0 Å². The Hall–Kier alpha value is -2.15. The van der Waals surface area contributed by atoms with Crippen LogP contribution in [0.5, 0.6) is 0 Å². The van der Waals surface area contributed by atoms with Gasteiger partial charge in [-0.05, 0) is 31.0 Å². The fraction of sp³-hybridized carbons (Fsp3) is 0.118. The van der Waals surface area contributed by atoms with Crippen molar-refractivity contribution in [1.82, 2.24) is 4.98 Å². The minimum absolute atomic E-state index is 1.04. The lowest BCUT2D eigenvalue weighted by atomic mass is 10.2. The Labute approximate surface area is 110 Å². The maximum Gasteiger partial charge on any atom is 0.0373 e. The van der Waals surface area contributed by atoms with E-state index >= 15 is 0 Å². The van der Waals surface area contributed by atoms with Crippen LogP contribution in [0.25, 0.3) is 12.2 Å². The zero-order chi connectivity index (χ0) is 13.4. The Morgan fingerprint density at radius 1 is 0.833 bits per heavy atom. The molecule has 0 fully saturated rings. The van der Waals surface area contributed by atoms with Crippen molar-refractivity contribution >= 4 is 12.2 Å². The SMILES string of the molecule is C=Cc1ccc(C)cc1.C=Cc1ccc(C)nc1. The first kappa shape index (κ1) is 13.9. The number of hydrogen-bond acceptors (Lipinski definition) is 1. The first-order valence-electron chi connectivity index (χ1n) is 5.90. The molecule has 0 saturated heterocycles. The van der Waals surface area contributed by atoms with Gasteiger partial charge in [0.15, 0.2) is 0 Å². The molecule has 1 heteroatoms. The zero-order valence-corrected chi connectivity index (χ0v) is 11.1. The molecule has 1 aromatic carbocycles. The predicted octanol–water partition coefficient (Wildman–Crippen LogP) is 4.67. The lowest BCUT2D eigenvalue weighted by molar-refractivity contribution is 1.19. The molecule has 18 heavy (non-hydrogen) atoms. The lowest BCUT2D eigenvalue weighted by Crippen LogP contribution is -1.78. The summed E-state index contributed by atoms with van der Waals surface area (Å²) in [4.78, 5) is 4.08. The molecule has 2 aromatic rings. The standard InChI is InChI=1S/C9H10.C8H9N/c1-3-9-6-4-8(2)5-7-9;1-3-8-5-4-7(2)9-6-8/h3-7H,1H2,2H3;3-6H,1H2,2H3. The minimum Gasteiger partial charge on any atom is -0.261 e. The van der Waals surface area contributed by atoms with Crippen LogP contribution in [-0.4, -0.2) is 4.98 Å². The molecular weight excluding hydrogens is 218 g/mol. The maximum atomic E-state index is 4.08. The van der Waals surface area contributed by atoms with Gasteiger partial charge in [-0.3, -0.25) is 4.98 Å². The predicted molar refractivity (Wildman–Crippen MR) is 80.3 cm³/mol. The van der Waals surface area contributed by atoms with Crippen LogP contribution in [0.2, 0.25) is 0 Å². The molecule has 1 heterocycles. The summed E-state index contributed by atoms with van der Waals surface area (Å²) in [5.41, 5.74) is 4.59. The number of pyridine rings is 1.